The molecule has 0 aromatic heterocycles. The van der Waals surface area contributed by atoms with Gasteiger partial charge in [0, 0.05) is 18.2 Å². The van der Waals surface area contributed by atoms with Gasteiger partial charge in [-0.3, -0.25) is 4.90 Å². The van der Waals surface area contributed by atoms with Gasteiger partial charge in [0.25, 0.3) is 0 Å². The second kappa shape index (κ2) is 7.60. The van der Waals surface area contributed by atoms with Crippen LogP contribution in [0.4, 0.5) is 4.79 Å². The summed E-state index contributed by atoms with van der Waals surface area (Å²) in [5.74, 6) is 6.36. The first-order chi connectivity index (χ1) is 12.1. The van der Waals surface area contributed by atoms with Crippen molar-refractivity contribution in [2.75, 3.05) is 6.54 Å². The average molecular weight is 339 g/mol. The van der Waals surface area contributed by atoms with Gasteiger partial charge in [-0.15, -0.1) is 0 Å². The van der Waals surface area contributed by atoms with Gasteiger partial charge in [-0.2, -0.15) is 0 Å². The largest absolute Gasteiger partial charge is 0.369 e. The Morgan fingerprint density at radius 3 is 2.92 bits per heavy atom. The maximum absolute atomic E-state index is 12.5. The minimum Gasteiger partial charge on any atom is -0.369 e. The Hall–Kier alpha value is -2.48. The first kappa shape index (κ1) is 17.3. The van der Waals surface area contributed by atoms with E-state index in [9.17, 15) is 4.79 Å². The predicted molar refractivity (Wildman–Crippen MR) is 98.1 cm³/mol. The van der Waals surface area contributed by atoms with Crippen molar-refractivity contribution in [2.45, 2.75) is 52.3 Å². The number of urea groups is 1. The molecule has 0 spiro atoms. The molecule has 0 radical (unpaired) electrons. The highest BCUT2D eigenvalue weighted by molar-refractivity contribution is 6.03. The second-order valence-electron chi connectivity index (χ2n) is 6.64. The number of nitrogens with zero attached hydrogens (tertiary/aromatic N) is 2. The van der Waals surface area contributed by atoms with Crippen LogP contribution in [0.5, 0.6) is 0 Å². The molecule has 2 aliphatic heterocycles. The van der Waals surface area contributed by atoms with E-state index >= 15 is 0 Å². The smallest absolute Gasteiger partial charge is 0.320 e. The number of hydrogen-bond acceptors (Lipinski definition) is 3. The van der Waals surface area contributed by atoms with Gasteiger partial charge in [0.15, 0.2) is 0 Å². The molecule has 2 unspecified atom stereocenters. The number of amides is 2. The van der Waals surface area contributed by atoms with E-state index in [4.69, 9.17) is 4.84 Å². The van der Waals surface area contributed by atoms with Crippen LogP contribution in [-0.2, 0) is 4.84 Å². The zero-order valence-corrected chi connectivity index (χ0v) is 15.1. The summed E-state index contributed by atoms with van der Waals surface area (Å²) in [6.45, 7) is 6.88. The molecule has 132 valence electrons. The first-order valence-corrected chi connectivity index (χ1v) is 9.02. The zero-order chi connectivity index (χ0) is 17.8. The van der Waals surface area contributed by atoms with Crippen LogP contribution in [0.2, 0.25) is 0 Å². The van der Waals surface area contributed by atoms with Crippen molar-refractivity contribution in [3.8, 4) is 11.8 Å². The van der Waals surface area contributed by atoms with E-state index in [0.717, 1.165) is 30.5 Å². The number of rotatable bonds is 3. The highest BCUT2D eigenvalue weighted by Crippen LogP contribution is 2.31. The molecule has 0 saturated carbocycles. The Kier molecular flexibility index (Phi) is 5.28. The SMILES string of the molecule is CCC(CC)NC(=O)N1CCC2C(C#Cc3cccc(C)c3)=NOC21. The summed E-state index contributed by atoms with van der Waals surface area (Å²) in [6.07, 6.45) is 2.36. The summed E-state index contributed by atoms with van der Waals surface area (Å²) >= 11 is 0. The quantitative estimate of drug-likeness (QED) is 0.859. The fourth-order valence-corrected chi connectivity index (χ4v) is 3.29. The summed E-state index contributed by atoms with van der Waals surface area (Å²) < 4.78 is 0. The molecule has 5 heteroatoms. The van der Waals surface area contributed by atoms with Crippen LogP contribution in [0, 0.1) is 24.7 Å². The highest BCUT2D eigenvalue weighted by atomic mass is 16.7. The number of likely N-dealkylation sites (tertiary alicyclic amines) is 1. The third-order valence-electron chi connectivity index (χ3n) is 4.87. The standard InChI is InChI=1S/C20H25N3O2/c1-4-16(5-2)21-20(24)23-12-11-17-18(22-25-19(17)23)10-9-15-8-6-7-14(3)13-15/h6-8,13,16-17,19H,4-5,11-12H2,1-3H3,(H,21,24). The number of carbonyl (C=O) groups is 1. The lowest BCUT2D eigenvalue weighted by Gasteiger charge is -2.25. The third kappa shape index (κ3) is 3.79. The lowest BCUT2D eigenvalue weighted by atomic mass is 10.0. The average Bonchev–Trinajstić information content (AvgIpc) is 3.20. The van der Waals surface area contributed by atoms with E-state index in [1.165, 1.54) is 5.56 Å². The van der Waals surface area contributed by atoms with Gasteiger partial charge in [-0.1, -0.05) is 37.1 Å². The number of nitrogens with one attached hydrogen (secondary N) is 1. The minimum absolute atomic E-state index is 0.0655. The molecular formula is C20H25N3O2. The predicted octanol–water partition coefficient (Wildman–Crippen LogP) is 3.28. The molecule has 1 N–H and O–H groups in total. The molecular weight excluding hydrogens is 314 g/mol. The van der Waals surface area contributed by atoms with E-state index in [-0.39, 0.29) is 24.2 Å². The topological polar surface area (TPSA) is 53.9 Å². The van der Waals surface area contributed by atoms with Crippen LogP contribution < -0.4 is 5.32 Å². The van der Waals surface area contributed by atoms with Crippen molar-refractivity contribution in [2.24, 2.45) is 11.1 Å². The van der Waals surface area contributed by atoms with Crippen LogP contribution in [0.15, 0.2) is 29.4 Å². The maximum Gasteiger partial charge on any atom is 0.320 e. The van der Waals surface area contributed by atoms with Crippen LogP contribution in [0.25, 0.3) is 0 Å². The zero-order valence-electron chi connectivity index (χ0n) is 15.1. The molecule has 1 aromatic rings. The molecule has 25 heavy (non-hydrogen) atoms. The van der Waals surface area contributed by atoms with E-state index < -0.39 is 0 Å². The van der Waals surface area contributed by atoms with Gasteiger partial charge in [0.05, 0.1) is 5.92 Å². The van der Waals surface area contributed by atoms with Crippen LogP contribution in [0.1, 0.15) is 44.2 Å². The highest BCUT2D eigenvalue weighted by Gasteiger charge is 2.45. The number of carbonyl (C=O) groups excluding carboxylic acids is 1. The van der Waals surface area contributed by atoms with Crippen molar-refractivity contribution in [1.82, 2.24) is 10.2 Å². The van der Waals surface area contributed by atoms with Gasteiger partial charge >= 0.3 is 6.03 Å². The Morgan fingerprint density at radius 1 is 1.40 bits per heavy atom. The van der Waals surface area contributed by atoms with Gasteiger partial charge in [-0.05, 0) is 49.8 Å². The normalized spacial score (nSPS) is 21.3. The first-order valence-electron chi connectivity index (χ1n) is 9.02. The molecule has 2 aliphatic rings. The summed E-state index contributed by atoms with van der Waals surface area (Å²) in [7, 11) is 0. The minimum atomic E-state index is -0.323. The summed E-state index contributed by atoms with van der Waals surface area (Å²) in [4.78, 5) is 19.8. The second-order valence-corrected chi connectivity index (χ2v) is 6.64. The van der Waals surface area contributed by atoms with Crippen molar-refractivity contribution >= 4 is 11.7 Å². The lowest BCUT2D eigenvalue weighted by molar-refractivity contribution is -0.00683. The van der Waals surface area contributed by atoms with E-state index in [2.05, 4.69) is 36.2 Å². The van der Waals surface area contributed by atoms with Crippen molar-refractivity contribution in [3.63, 3.8) is 0 Å². The Balaban J connectivity index is 1.65. The van der Waals surface area contributed by atoms with E-state index in [1.807, 2.05) is 31.2 Å². The molecule has 2 amide bonds. The van der Waals surface area contributed by atoms with E-state index in [1.54, 1.807) is 4.90 Å². The van der Waals surface area contributed by atoms with Gasteiger partial charge in [0.1, 0.15) is 5.71 Å². The van der Waals surface area contributed by atoms with Gasteiger partial charge in [-0.25, -0.2) is 4.79 Å². The van der Waals surface area contributed by atoms with Crippen LogP contribution >= 0.6 is 0 Å². The molecule has 0 aliphatic carbocycles. The molecule has 5 nitrogen and oxygen atoms in total. The summed E-state index contributed by atoms with van der Waals surface area (Å²) in [5.41, 5.74) is 2.89. The van der Waals surface area contributed by atoms with E-state index in [0.29, 0.717) is 6.54 Å². The summed E-state index contributed by atoms with van der Waals surface area (Å²) in [5, 5.41) is 7.20. The van der Waals surface area contributed by atoms with Crippen molar-refractivity contribution < 1.29 is 9.63 Å². The Bertz CT molecular complexity index is 728. The number of benzene rings is 1. The Labute approximate surface area is 149 Å². The molecule has 2 heterocycles. The molecule has 1 fully saturated rings. The van der Waals surface area contributed by atoms with Crippen LogP contribution in [-0.4, -0.2) is 35.5 Å². The number of aryl methyl sites for hydroxylation is 1. The number of fused-ring (bicyclic) bond motifs is 1. The van der Waals surface area contributed by atoms with Crippen molar-refractivity contribution in [3.05, 3.63) is 35.4 Å². The Morgan fingerprint density at radius 2 is 2.20 bits per heavy atom. The lowest BCUT2D eigenvalue weighted by Crippen LogP contribution is -2.47. The van der Waals surface area contributed by atoms with Crippen molar-refractivity contribution in [1.29, 1.82) is 0 Å². The summed E-state index contributed by atoms with van der Waals surface area (Å²) in [6, 6.07) is 8.21. The van der Waals surface area contributed by atoms with Crippen LogP contribution in [0.3, 0.4) is 0 Å². The molecule has 1 saturated heterocycles. The third-order valence-corrected chi connectivity index (χ3v) is 4.87. The van der Waals surface area contributed by atoms with Gasteiger partial charge in [0.2, 0.25) is 6.23 Å². The maximum atomic E-state index is 12.5. The number of oxime groups is 1. The molecule has 0 bridgehead atoms. The molecule has 2 atom stereocenters. The molecule has 1 aromatic carbocycles. The fourth-order valence-electron chi connectivity index (χ4n) is 3.29. The number of hydrogen-bond donors (Lipinski definition) is 1. The monoisotopic (exact) mass is 339 g/mol. The van der Waals surface area contributed by atoms with Gasteiger partial charge < -0.3 is 10.2 Å². The molecule has 3 rings (SSSR count). The fraction of sp³-hybridized carbons (Fsp3) is 0.500.